The third-order valence-corrected chi connectivity index (χ3v) is 7.55. The van der Waals surface area contributed by atoms with E-state index in [1.165, 1.54) is 0 Å². The molecule has 2 atom stereocenters. The van der Waals surface area contributed by atoms with Gasteiger partial charge in [-0.2, -0.15) is 0 Å². The number of hydrogen-bond acceptors (Lipinski definition) is 2. The zero-order valence-corrected chi connectivity index (χ0v) is 9.67. The summed E-state index contributed by atoms with van der Waals surface area (Å²) < 4.78 is 24.8. The fourth-order valence-electron chi connectivity index (χ4n) is 1.65. The van der Waals surface area contributed by atoms with E-state index in [-0.39, 0.29) is 0 Å². The second-order valence-corrected chi connectivity index (χ2v) is 7.11. The van der Waals surface area contributed by atoms with Crippen LogP contribution in [-0.2, 0) is 9.13 Å². The Labute approximate surface area is 76.3 Å². The Morgan fingerprint density at radius 3 is 1.92 bits per heavy atom. The van der Waals surface area contributed by atoms with Crippen LogP contribution in [-0.4, -0.2) is 24.3 Å². The predicted molar refractivity (Wildman–Crippen MR) is 58.5 cm³/mol. The largest absolute Gasteiger partial charge is 0.321 e. The second-order valence-electron chi connectivity index (χ2n) is 3.13. The summed E-state index contributed by atoms with van der Waals surface area (Å²) in [4.78, 5) is 0. The highest BCUT2D eigenvalue weighted by Crippen LogP contribution is 2.50. The molecule has 1 aliphatic rings. The van der Waals surface area contributed by atoms with E-state index in [2.05, 4.69) is 13.8 Å². The first-order valence-corrected chi connectivity index (χ1v) is 7.68. The summed E-state index contributed by atoms with van der Waals surface area (Å²) in [6, 6.07) is 0.297. The molecule has 1 rings (SSSR count). The Morgan fingerprint density at radius 1 is 1.17 bits per heavy atom. The molecule has 68 valence electrons. The van der Waals surface area contributed by atoms with Crippen molar-refractivity contribution >= 4 is 29.4 Å². The van der Waals surface area contributed by atoms with E-state index >= 15 is 0 Å². The van der Waals surface area contributed by atoms with Gasteiger partial charge in [-0.1, -0.05) is 13.8 Å². The predicted octanol–water partition coefficient (Wildman–Crippen LogP) is 1.06. The second kappa shape index (κ2) is 4.69. The first kappa shape index (κ1) is 10.6. The van der Waals surface area contributed by atoms with Crippen LogP contribution in [0, 0.1) is 0 Å². The van der Waals surface area contributed by atoms with Gasteiger partial charge in [-0.05, 0) is 12.8 Å². The van der Waals surface area contributed by atoms with Gasteiger partial charge in [-0.3, -0.25) is 0 Å². The smallest absolute Gasteiger partial charge is 0.192 e. The van der Waals surface area contributed by atoms with Gasteiger partial charge in [-0.25, -0.2) is 4.44 Å². The van der Waals surface area contributed by atoms with Crippen LogP contribution in [0.4, 0.5) is 0 Å². The molecule has 0 aromatic heterocycles. The summed E-state index contributed by atoms with van der Waals surface area (Å²) >= 11 is 0. The molecular weight excluding hydrogens is 190 g/mol. The topological polar surface area (TPSA) is 37.4 Å². The Bertz CT molecular complexity index is 194. The van der Waals surface area contributed by atoms with Crippen LogP contribution in [0.5, 0.6) is 0 Å². The maximum absolute atomic E-state index is 11.5. The maximum Gasteiger partial charge on any atom is 0.192 e. The van der Waals surface area contributed by atoms with Gasteiger partial charge in [0.2, 0.25) is 0 Å². The van der Waals surface area contributed by atoms with Crippen LogP contribution in [0.25, 0.3) is 0 Å². The van der Waals surface area contributed by atoms with Gasteiger partial charge >= 0.3 is 0 Å². The number of rotatable bonds is 3. The fourth-order valence-corrected chi connectivity index (χ4v) is 7.18. The molecule has 0 saturated carbocycles. The Morgan fingerprint density at radius 2 is 1.58 bits per heavy atom. The van der Waals surface area contributed by atoms with Crippen molar-refractivity contribution in [2.45, 2.75) is 32.7 Å². The molecule has 0 bridgehead atoms. The molecular formula is C5H15B2NO2P2. The van der Waals surface area contributed by atoms with E-state index in [1.807, 2.05) is 4.44 Å². The molecule has 0 aliphatic carbocycles. The van der Waals surface area contributed by atoms with Crippen molar-refractivity contribution in [2.75, 3.05) is 0 Å². The standard InChI is InChI=1S/C5H15B2NO2P2/c1-3-5(4-2)8-11(9)6-7-12(8)10/h5-7,11-12H,3-4H2,1-2H3. The van der Waals surface area contributed by atoms with E-state index in [4.69, 9.17) is 0 Å². The van der Waals surface area contributed by atoms with Gasteiger partial charge in [-0.15, -0.1) is 0 Å². The zero-order valence-electron chi connectivity index (χ0n) is 7.67. The van der Waals surface area contributed by atoms with Crippen LogP contribution in [0.15, 0.2) is 0 Å². The minimum absolute atomic E-state index is 0.297. The van der Waals surface area contributed by atoms with Crippen LogP contribution < -0.4 is 0 Å². The average molecular weight is 205 g/mol. The summed E-state index contributed by atoms with van der Waals surface area (Å²) in [5.74, 6) is 0. The van der Waals surface area contributed by atoms with Crippen molar-refractivity contribution in [2.24, 2.45) is 0 Å². The fraction of sp³-hybridized carbons (Fsp3) is 1.00. The molecule has 0 radical (unpaired) electrons. The molecule has 1 heterocycles. The molecule has 1 aliphatic heterocycles. The van der Waals surface area contributed by atoms with Crippen LogP contribution in [0.3, 0.4) is 0 Å². The minimum atomic E-state index is -1.65. The van der Waals surface area contributed by atoms with E-state index in [0.717, 1.165) is 12.8 Å². The van der Waals surface area contributed by atoms with E-state index in [0.29, 0.717) is 19.8 Å². The zero-order chi connectivity index (χ0) is 9.14. The molecule has 12 heavy (non-hydrogen) atoms. The molecule has 0 amide bonds. The summed E-state index contributed by atoms with van der Waals surface area (Å²) in [7, 11) is -3.30. The quantitative estimate of drug-likeness (QED) is 0.510. The highest BCUT2D eigenvalue weighted by molar-refractivity contribution is 8.08. The van der Waals surface area contributed by atoms with Gasteiger partial charge in [0.1, 0.15) is 0 Å². The van der Waals surface area contributed by atoms with Gasteiger partial charge in [0.05, 0.1) is 15.7 Å². The van der Waals surface area contributed by atoms with Gasteiger partial charge < -0.3 is 9.13 Å². The maximum atomic E-state index is 11.5. The molecule has 7 heteroatoms. The van der Waals surface area contributed by atoms with Crippen LogP contribution in [0.1, 0.15) is 26.7 Å². The summed E-state index contributed by atoms with van der Waals surface area (Å²) in [6.45, 7) is 5.49. The van der Waals surface area contributed by atoms with Crippen molar-refractivity contribution in [1.82, 2.24) is 4.44 Å². The summed E-state index contributed by atoms with van der Waals surface area (Å²) in [6.07, 6.45) is 1.92. The third kappa shape index (κ3) is 2.07. The molecule has 1 fully saturated rings. The van der Waals surface area contributed by atoms with Crippen LogP contribution >= 0.6 is 15.7 Å². The summed E-state index contributed by atoms with van der Waals surface area (Å²) in [5, 5.41) is 0. The van der Waals surface area contributed by atoms with Crippen molar-refractivity contribution in [3.63, 3.8) is 0 Å². The Kier molecular flexibility index (Phi) is 4.16. The molecule has 0 spiro atoms. The van der Waals surface area contributed by atoms with Gasteiger partial charge in [0.15, 0.2) is 13.8 Å². The van der Waals surface area contributed by atoms with Crippen LogP contribution in [0.2, 0.25) is 0 Å². The highest BCUT2D eigenvalue weighted by Gasteiger charge is 2.32. The van der Waals surface area contributed by atoms with E-state index < -0.39 is 15.7 Å². The number of hydrogen-bond donors (Lipinski definition) is 0. The normalized spacial score (nSPS) is 30.2. The molecule has 1 saturated heterocycles. The average Bonchev–Trinajstić information content (AvgIpc) is 2.38. The van der Waals surface area contributed by atoms with Crippen molar-refractivity contribution in [3.05, 3.63) is 0 Å². The molecule has 3 nitrogen and oxygen atoms in total. The molecule has 0 N–H and O–H groups in total. The van der Waals surface area contributed by atoms with E-state index in [1.54, 1.807) is 0 Å². The van der Waals surface area contributed by atoms with Gasteiger partial charge in [0, 0.05) is 6.04 Å². The lowest BCUT2D eigenvalue weighted by atomic mass is 9.76. The van der Waals surface area contributed by atoms with Crippen molar-refractivity contribution in [3.8, 4) is 0 Å². The van der Waals surface area contributed by atoms with Crippen molar-refractivity contribution < 1.29 is 9.13 Å². The molecule has 0 aromatic rings. The molecule has 2 unspecified atom stereocenters. The highest BCUT2D eigenvalue weighted by atomic mass is 31.2. The minimum Gasteiger partial charge on any atom is -0.321 e. The third-order valence-electron chi connectivity index (χ3n) is 2.40. The molecule has 0 aromatic carbocycles. The Balaban J connectivity index is 2.70. The SMILES string of the molecule is CCC(CC)N1[PH](=O)BB[PH]1=O. The monoisotopic (exact) mass is 205 g/mol. The van der Waals surface area contributed by atoms with Crippen molar-refractivity contribution in [1.29, 1.82) is 0 Å². The lowest BCUT2D eigenvalue weighted by Gasteiger charge is -2.24. The first-order valence-electron chi connectivity index (χ1n) is 4.55. The number of nitrogens with zero attached hydrogens (tertiary/aromatic N) is 1. The lowest BCUT2D eigenvalue weighted by molar-refractivity contribution is 0.430. The lowest BCUT2D eigenvalue weighted by Crippen LogP contribution is -2.19. The van der Waals surface area contributed by atoms with Gasteiger partial charge in [0.25, 0.3) is 0 Å². The van der Waals surface area contributed by atoms with E-state index in [9.17, 15) is 9.13 Å². The summed E-state index contributed by atoms with van der Waals surface area (Å²) in [5.41, 5.74) is 0. The Hall–Kier alpha value is 0.550. The first-order chi connectivity index (χ1) is 5.70.